The van der Waals surface area contributed by atoms with Gasteiger partial charge in [-0.15, -0.1) is 0 Å². The molecule has 34 heavy (non-hydrogen) atoms. The van der Waals surface area contributed by atoms with E-state index in [1.807, 2.05) is 6.92 Å². The Balaban J connectivity index is 1.43. The minimum atomic E-state index is -1.47. The predicted molar refractivity (Wildman–Crippen MR) is 122 cm³/mol. The van der Waals surface area contributed by atoms with Crippen LogP contribution >= 0.6 is 0 Å². The third-order valence-corrected chi connectivity index (χ3v) is 10.7. The molecule has 5 aliphatic rings. The van der Waals surface area contributed by atoms with E-state index in [0.717, 1.165) is 32.1 Å². The second kappa shape index (κ2) is 8.09. The highest BCUT2D eigenvalue weighted by Gasteiger charge is 2.69. The fourth-order valence-corrected chi connectivity index (χ4v) is 9.93. The van der Waals surface area contributed by atoms with Gasteiger partial charge in [0.2, 0.25) is 0 Å². The summed E-state index contributed by atoms with van der Waals surface area (Å²) in [6.45, 7) is 8.11. The van der Waals surface area contributed by atoms with Crippen LogP contribution in [0.25, 0.3) is 0 Å². The van der Waals surface area contributed by atoms with Crippen LogP contribution in [0.15, 0.2) is 0 Å². The van der Waals surface area contributed by atoms with Crippen molar-refractivity contribution in [3.63, 3.8) is 0 Å². The molecule has 0 aromatic heterocycles. The van der Waals surface area contributed by atoms with E-state index in [2.05, 4.69) is 20.8 Å². The van der Waals surface area contributed by atoms with Crippen LogP contribution in [0.5, 0.6) is 0 Å². The molecule has 1 aliphatic heterocycles. The number of fused-ring (bicyclic) bond motifs is 3. The number of aliphatic hydroxyl groups is 6. The van der Waals surface area contributed by atoms with Gasteiger partial charge < -0.3 is 40.1 Å². The monoisotopic (exact) mass is 484 g/mol. The first kappa shape index (κ1) is 25.3. The lowest BCUT2D eigenvalue weighted by Gasteiger charge is -2.66. The summed E-state index contributed by atoms with van der Waals surface area (Å²) >= 11 is 0. The Morgan fingerprint density at radius 2 is 1.59 bits per heavy atom. The van der Waals surface area contributed by atoms with Crippen LogP contribution in [0.1, 0.15) is 72.6 Å². The number of ether oxygens (including phenoxy) is 2. The molecule has 8 nitrogen and oxygen atoms in total. The van der Waals surface area contributed by atoms with Crippen molar-refractivity contribution in [2.45, 2.75) is 121 Å². The molecule has 8 heteroatoms. The van der Waals surface area contributed by atoms with Gasteiger partial charge in [-0.25, -0.2) is 0 Å². The summed E-state index contributed by atoms with van der Waals surface area (Å²) in [5.74, 6) is 0.736. The van der Waals surface area contributed by atoms with E-state index in [9.17, 15) is 30.6 Å². The van der Waals surface area contributed by atoms with Crippen LogP contribution in [0.3, 0.4) is 0 Å². The van der Waals surface area contributed by atoms with Crippen LogP contribution < -0.4 is 0 Å². The van der Waals surface area contributed by atoms with E-state index in [0.29, 0.717) is 18.8 Å². The quantitative estimate of drug-likeness (QED) is 0.325. The largest absolute Gasteiger partial charge is 0.394 e. The molecule has 13 atom stereocenters. The van der Waals surface area contributed by atoms with Gasteiger partial charge in [0.15, 0.2) is 6.29 Å². The van der Waals surface area contributed by atoms with Crippen molar-refractivity contribution < 1.29 is 40.1 Å². The van der Waals surface area contributed by atoms with E-state index in [1.54, 1.807) is 0 Å². The zero-order valence-corrected chi connectivity index (χ0v) is 20.9. The molecule has 1 saturated heterocycles. The Morgan fingerprint density at radius 3 is 2.26 bits per heavy atom. The number of aliphatic hydroxyl groups excluding tert-OH is 5. The van der Waals surface area contributed by atoms with E-state index < -0.39 is 49.0 Å². The third-order valence-electron chi connectivity index (χ3n) is 10.7. The van der Waals surface area contributed by atoms with Gasteiger partial charge in [-0.1, -0.05) is 20.8 Å². The first-order valence-electron chi connectivity index (χ1n) is 13.1. The highest BCUT2D eigenvalue weighted by atomic mass is 16.7. The van der Waals surface area contributed by atoms with Gasteiger partial charge in [-0.05, 0) is 85.9 Å². The summed E-state index contributed by atoms with van der Waals surface area (Å²) in [4.78, 5) is 0. The van der Waals surface area contributed by atoms with Crippen molar-refractivity contribution in [3.05, 3.63) is 0 Å². The highest BCUT2D eigenvalue weighted by Crippen LogP contribution is 2.73. The Labute approximate surface area is 202 Å². The van der Waals surface area contributed by atoms with Crippen molar-refractivity contribution >= 4 is 0 Å². The number of rotatable bonds is 3. The third kappa shape index (κ3) is 3.63. The lowest BCUT2D eigenvalue weighted by Crippen LogP contribution is -2.64. The lowest BCUT2D eigenvalue weighted by molar-refractivity contribution is -0.324. The Hall–Kier alpha value is -0.320. The summed E-state index contributed by atoms with van der Waals surface area (Å²) in [6, 6.07) is 0. The molecule has 0 radical (unpaired) electrons. The summed E-state index contributed by atoms with van der Waals surface area (Å²) < 4.78 is 12.0. The van der Waals surface area contributed by atoms with Gasteiger partial charge in [0, 0.05) is 0 Å². The Morgan fingerprint density at radius 1 is 0.882 bits per heavy atom. The van der Waals surface area contributed by atoms with E-state index in [4.69, 9.17) is 9.47 Å². The molecule has 0 aromatic rings. The zero-order chi connectivity index (χ0) is 24.8. The number of hydrogen-bond donors (Lipinski definition) is 6. The maximum Gasteiger partial charge on any atom is 0.186 e. The fraction of sp³-hybridized carbons (Fsp3) is 1.00. The minimum Gasteiger partial charge on any atom is -0.394 e. The molecule has 1 spiro atoms. The molecule has 0 aromatic carbocycles. The molecule has 4 aliphatic carbocycles. The molecule has 2 bridgehead atoms. The smallest absolute Gasteiger partial charge is 0.186 e. The summed E-state index contributed by atoms with van der Waals surface area (Å²) in [5, 5.41) is 63.1. The molecular weight excluding hydrogens is 440 g/mol. The maximum atomic E-state index is 11.5. The average Bonchev–Trinajstić information content (AvgIpc) is 2.90. The van der Waals surface area contributed by atoms with Crippen molar-refractivity contribution in [2.24, 2.45) is 34.0 Å². The van der Waals surface area contributed by atoms with Crippen LogP contribution in [-0.4, -0.2) is 85.8 Å². The second-order valence-corrected chi connectivity index (χ2v) is 13.5. The van der Waals surface area contributed by atoms with Crippen LogP contribution in [0, 0.1) is 34.0 Å². The molecule has 6 N–H and O–H groups in total. The normalized spacial score (nSPS) is 58.8. The molecule has 196 valence electrons. The predicted octanol–water partition coefficient (Wildman–Crippen LogP) is 0.936. The topological polar surface area (TPSA) is 140 Å². The minimum absolute atomic E-state index is 0.0712. The molecule has 5 fully saturated rings. The Kier molecular flexibility index (Phi) is 6.03. The summed E-state index contributed by atoms with van der Waals surface area (Å²) in [7, 11) is 0. The average molecular weight is 485 g/mol. The first-order valence-corrected chi connectivity index (χ1v) is 13.1. The van der Waals surface area contributed by atoms with Gasteiger partial charge in [0.1, 0.15) is 24.4 Å². The van der Waals surface area contributed by atoms with E-state index in [1.165, 1.54) is 0 Å². The maximum absolute atomic E-state index is 11.5. The van der Waals surface area contributed by atoms with Crippen molar-refractivity contribution in [1.29, 1.82) is 0 Å². The molecule has 1 unspecified atom stereocenters. The van der Waals surface area contributed by atoms with Crippen LogP contribution in [0.4, 0.5) is 0 Å². The van der Waals surface area contributed by atoms with Crippen molar-refractivity contribution in [2.75, 3.05) is 6.61 Å². The summed E-state index contributed by atoms with van der Waals surface area (Å²) in [6.07, 6.45) is -1.36. The molecular formula is C26H44O8. The first-order chi connectivity index (χ1) is 15.7. The summed E-state index contributed by atoms with van der Waals surface area (Å²) in [5.41, 5.74) is -1.21. The Bertz CT molecular complexity index is 785. The lowest BCUT2D eigenvalue weighted by atomic mass is 9.40. The fourth-order valence-electron chi connectivity index (χ4n) is 9.93. The molecule has 1 heterocycles. The second-order valence-electron chi connectivity index (χ2n) is 13.5. The van der Waals surface area contributed by atoms with Gasteiger partial charge in [0.25, 0.3) is 0 Å². The number of hydrogen-bond acceptors (Lipinski definition) is 8. The standard InChI is InChI=1S/C26H44O8/c1-23(2)8-14(33-22-20(31)19(30)18(29)16(11-27)34-22)9-24(3)17-6-5-13-7-26(17,12-25(13,4)32)10-15(28)21(23)24/h13-22,27-32H,5-12H2,1-4H3/t13?,14-,15-,16-,17+,18-,19-,20-,21-,22-,24+,25-,26-/m1/s1. The van der Waals surface area contributed by atoms with E-state index >= 15 is 0 Å². The van der Waals surface area contributed by atoms with Gasteiger partial charge in [-0.3, -0.25) is 0 Å². The highest BCUT2D eigenvalue weighted by molar-refractivity contribution is 5.18. The van der Waals surface area contributed by atoms with Crippen LogP contribution in [-0.2, 0) is 9.47 Å². The molecule has 5 rings (SSSR count). The van der Waals surface area contributed by atoms with Crippen molar-refractivity contribution in [1.82, 2.24) is 0 Å². The SMILES string of the molecule is CC1(C)C[C@@H](O[C@@H]2O[C@H](CO)[C@@H](O)[C@@H](O)[C@H]2O)C[C@]2(C)[C@@H]1[C@H](O)C[C@@]13CC(CC[C@H]12)[C@](C)(O)C3. The van der Waals surface area contributed by atoms with Crippen molar-refractivity contribution in [3.8, 4) is 0 Å². The van der Waals surface area contributed by atoms with E-state index in [-0.39, 0.29) is 34.2 Å². The van der Waals surface area contributed by atoms with Gasteiger partial charge in [0.05, 0.1) is 24.4 Å². The molecule has 0 amide bonds. The van der Waals surface area contributed by atoms with Gasteiger partial charge >= 0.3 is 0 Å². The zero-order valence-electron chi connectivity index (χ0n) is 20.9. The van der Waals surface area contributed by atoms with Crippen LogP contribution in [0.2, 0.25) is 0 Å². The molecule has 4 saturated carbocycles. The van der Waals surface area contributed by atoms with Gasteiger partial charge in [-0.2, -0.15) is 0 Å².